The largest absolute Gasteiger partial charge is 0.481 e. The summed E-state index contributed by atoms with van der Waals surface area (Å²) in [6, 6.07) is 11.5. The molecule has 0 spiro atoms. The Balaban J connectivity index is 1.64. The van der Waals surface area contributed by atoms with E-state index in [-0.39, 0.29) is 17.5 Å². The van der Waals surface area contributed by atoms with Crippen molar-refractivity contribution < 1.29 is 18.3 Å². The number of carbonyl (C=O) groups is 1. The molecular formula is C18H14F2N2O2S. The second-order valence-electron chi connectivity index (χ2n) is 5.25. The summed E-state index contributed by atoms with van der Waals surface area (Å²) in [4.78, 5) is 16.5. The van der Waals surface area contributed by atoms with Gasteiger partial charge in [-0.3, -0.25) is 10.1 Å². The molecule has 0 saturated carbocycles. The van der Waals surface area contributed by atoms with Gasteiger partial charge < -0.3 is 4.74 Å². The Morgan fingerprint density at radius 2 is 1.92 bits per heavy atom. The number of anilines is 1. The van der Waals surface area contributed by atoms with Crippen LogP contribution in [0.1, 0.15) is 6.92 Å². The van der Waals surface area contributed by atoms with Crippen molar-refractivity contribution in [2.75, 3.05) is 5.32 Å². The van der Waals surface area contributed by atoms with Crippen LogP contribution in [0, 0.1) is 11.6 Å². The molecule has 1 N–H and O–H groups in total. The van der Waals surface area contributed by atoms with E-state index in [0.717, 1.165) is 0 Å². The van der Waals surface area contributed by atoms with E-state index in [1.165, 1.54) is 47.7 Å². The Labute approximate surface area is 147 Å². The predicted octanol–water partition coefficient (Wildman–Crippen LogP) is 4.49. The van der Waals surface area contributed by atoms with Crippen LogP contribution in [0.15, 0.2) is 53.9 Å². The number of thiazole rings is 1. The molecule has 0 aliphatic heterocycles. The minimum Gasteiger partial charge on any atom is -0.481 e. The van der Waals surface area contributed by atoms with E-state index in [4.69, 9.17) is 4.74 Å². The summed E-state index contributed by atoms with van der Waals surface area (Å²) in [5.74, 6) is -0.720. The van der Waals surface area contributed by atoms with Crippen LogP contribution < -0.4 is 10.1 Å². The van der Waals surface area contributed by atoms with Crippen LogP contribution >= 0.6 is 11.3 Å². The molecule has 0 fully saturated rings. The summed E-state index contributed by atoms with van der Waals surface area (Å²) in [5, 5.41) is 4.77. The first-order valence-electron chi connectivity index (χ1n) is 7.46. The Morgan fingerprint density at radius 3 is 2.64 bits per heavy atom. The number of nitrogens with zero attached hydrogens (tertiary/aromatic N) is 1. The minimum absolute atomic E-state index is 0.350. The third-order valence-electron chi connectivity index (χ3n) is 3.35. The molecule has 1 heterocycles. The van der Waals surface area contributed by atoms with Gasteiger partial charge in [-0.15, -0.1) is 11.3 Å². The van der Waals surface area contributed by atoms with Gasteiger partial charge in [-0.1, -0.05) is 12.1 Å². The summed E-state index contributed by atoms with van der Waals surface area (Å²) in [6.07, 6.45) is -0.785. The van der Waals surface area contributed by atoms with Crippen LogP contribution in [0.3, 0.4) is 0 Å². The monoisotopic (exact) mass is 360 g/mol. The fraction of sp³-hybridized carbons (Fsp3) is 0.111. The highest BCUT2D eigenvalue weighted by Gasteiger charge is 2.17. The highest BCUT2D eigenvalue weighted by Crippen LogP contribution is 2.25. The highest BCUT2D eigenvalue weighted by atomic mass is 32.1. The van der Waals surface area contributed by atoms with Gasteiger partial charge in [0.1, 0.15) is 17.4 Å². The number of amides is 1. The van der Waals surface area contributed by atoms with Crippen molar-refractivity contribution in [3.63, 3.8) is 0 Å². The zero-order chi connectivity index (χ0) is 17.8. The molecular weight excluding hydrogens is 346 g/mol. The van der Waals surface area contributed by atoms with Crippen molar-refractivity contribution in [1.82, 2.24) is 4.98 Å². The minimum atomic E-state index is -0.785. The molecule has 0 unspecified atom stereocenters. The van der Waals surface area contributed by atoms with Gasteiger partial charge in [0.05, 0.1) is 5.69 Å². The normalized spacial score (nSPS) is 11.8. The van der Waals surface area contributed by atoms with Crippen LogP contribution in [0.5, 0.6) is 5.75 Å². The van der Waals surface area contributed by atoms with E-state index >= 15 is 0 Å². The molecule has 1 amide bonds. The van der Waals surface area contributed by atoms with Gasteiger partial charge >= 0.3 is 0 Å². The standard InChI is InChI=1S/C18H14F2N2O2S/c1-11(24-15-7-5-13(19)6-8-15)17(23)22-18-21-16(10-25-18)12-3-2-4-14(20)9-12/h2-11H,1H3,(H,21,22,23)/t11-/m1/s1. The topological polar surface area (TPSA) is 51.2 Å². The summed E-state index contributed by atoms with van der Waals surface area (Å²) in [5.41, 5.74) is 1.21. The Hall–Kier alpha value is -2.80. The number of aromatic nitrogens is 1. The molecule has 3 rings (SSSR count). The molecule has 4 nitrogen and oxygen atoms in total. The highest BCUT2D eigenvalue weighted by molar-refractivity contribution is 7.14. The average Bonchev–Trinajstić information content (AvgIpc) is 3.05. The predicted molar refractivity (Wildman–Crippen MR) is 92.6 cm³/mol. The van der Waals surface area contributed by atoms with Crippen molar-refractivity contribution in [3.8, 4) is 17.0 Å². The summed E-state index contributed by atoms with van der Waals surface area (Å²) < 4.78 is 31.6. The smallest absolute Gasteiger partial charge is 0.266 e. The zero-order valence-corrected chi connectivity index (χ0v) is 14.0. The van der Waals surface area contributed by atoms with Gasteiger partial charge in [-0.2, -0.15) is 0 Å². The molecule has 7 heteroatoms. The molecule has 0 radical (unpaired) electrons. The second kappa shape index (κ2) is 7.40. The van der Waals surface area contributed by atoms with Crippen molar-refractivity contribution in [3.05, 3.63) is 65.5 Å². The second-order valence-corrected chi connectivity index (χ2v) is 6.11. The van der Waals surface area contributed by atoms with Crippen LogP contribution in [-0.2, 0) is 4.79 Å². The first kappa shape index (κ1) is 17.0. The molecule has 25 heavy (non-hydrogen) atoms. The Morgan fingerprint density at radius 1 is 1.16 bits per heavy atom. The molecule has 0 bridgehead atoms. The number of rotatable bonds is 5. The number of halogens is 2. The lowest BCUT2D eigenvalue weighted by molar-refractivity contribution is -0.122. The van der Waals surface area contributed by atoms with E-state index in [1.54, 1.807) is 24.4 Å². The lowest BCUT2D eigenvalue weighted by Gasteiger charge is -2.13. The van der Waals surface area contributed by atoms with Gasteiger partial charge in [0.2, 0.25) is 0 Å². The van der Waals surface area contributed by atoms with Gasteiger partial charge in [0.25, 0.3) is 5.91 Å². The maximum absolute atomic E-state index is 13.3. The summed E-state index contributed by atoms with van der Waals surface area (Å²) in [6.45, 7) is 1.58. The van der Waals surface area contributed by atoms with Crippen molar-refractivity contribution >= 4 is 22.4 Å². The molecule has 1 aromatic heterocycles. The molecule has 3 aromatic rings. The van der Waals surface area contributed by atoms with Crippen LogP contribution in [-0.4, -0.2) is 17.0 Å². The number of hydrogen-bond acceptors (Lipinski definition) is 4. The molecule has 128 valence electrons. The van der Waals surface area contributed by atoms with Gasteiger partial charge in [-0.05, 0) is 43.3 Å². The van der Waals surface area contributed by atoms with E-state index in [0.29, 0.717) is 22.1 Å². The number of nitrogens with one attached hydrogen (secondary N) is 1. The fourth-order valence-electron chi connectivity index (χ4n) is 2.09. The van der Waals surface area contributed by atoms with Gasteiger partial charge in [-0.25, -0.2) is 13.8 Å². The maximum Gasteiger partial charge on any atom is 0.266 e. The number of ether oxygens (including phenoxy) is 1. The third-order valence-corrected chi connectivity index (χ3v) is 4.11. The van der Waals surface area contributed by atoms with E-state index in [2.05, 4.69) is 10.3 Å². The van der Waals surface area contributed by atoms with E-state index < -0.39 is 6.10 Å². The number of carbonyl (C=O) groups excluding carboxylic acids is 1. The summed E-state index contributed by atoms with van der Waals surface area (Å²) in [7, 11) is 0. The first-order valence-corrected chi connectivity index (χ1v) is 8.34. The fourth-order valence-corrected chi connectivity index (χ4v) is 2.81. The van der Waals surface area contributed by atoms with Crippen molar-refractivity contribution in [2.24, 2.45) is 0 Å². The average molecular weight is 360 g/mol. The quantitative estimate of drug-likeness (QED) is 0.729. The number of hydrogen-bond donors (Lipinski definition) is 1. The molecule has 0 aliphatic carbocycles. The van der Waals surface area contributed by atoms with Crippen LogP contribution in [0.25, 0.3) is 11.3 Å². The van der Waals surface area contributed by atoms with Crippen LogP contribution in [0.4, 0.5) is 13.9 Å². The van der Waals surface area contributed by atoms with Crippen molar-refractivity contribution in [2.45, 2.75) is 13.0 Å². The summed E-state index contributed by atoms with van der Waals surface area (Å²) >= 11 is 1.23. The first-order chi connectivity index (χ1) is 12.0. The van der Waals surface area contributed by atoms with Gasteiger partial charge in [0, 0.05) is 10.9 Å². The molecule has 0 aliphatic rings. The van der Waals surface area contributed by atoms with Crippen molar-refractivity contribution in [1.29, 1.82) is 0 Å². The lowest BCUT2D eigenvalue weighted by Crippen LogP contribution is -2.30. The SMILES string of the molecule is C[C@@H](Oc1ccc(F)cc1)C(=O)Nc1nc(-c2cccc(F)c2)cs1. The molecule has 1 atom stereocenters. The van der Waals surface area contributed by atoms with Gasteiger partial charge in [0.15, 0.2) is 11.2 Å². The molecule has 0 saturated heterocycles. The zero-order valence-electron chi connectivity index (χ0n) is 13.2. The lowest BCUT2D eigenvalue weighted by atomic mass is 10.2. The van der Waals surface area contributed by atoms with E-state index in [1.807, 2.05) is 0 Å². The Bertz CT molecular complexity index is 881. The van der Waals surface area contributed by atoms with Crippen LogP contribution in [0.2, 0.25) is 0 Å². The maximum atomic E-state index is 13.3. The number of benzene rings is 2. The van der Waals surface area contributed by atoms with E-state index in [9.17, 15) is 13.6 Å². The Kier molecular flexibility index (Phi) is 5.04. The third kappa shape index (κ3) is 4.39. The molecule has 2 aromatic carbocycles.